The minimum absolute atomic E-state index is 0.0811. The van der Waals surface area contributed by atoms with Gasteiger partial charge in [-0.1, -0.05) is 0 Å². The Labute approximate surface area is 95.3 Å². The Bertz CT molecular complexity index is 552. The largest absolute Gasteiger partial charge is 0.477 e. The van der Waals surface area contributed by atoms with Crippen molar-refractivity contribution in [1.82, 2.24) is 9.88 Å². The normalized spacial score (nSPS) is 13.7. The van der Waals surface area contributed by atoms with E-state index in [0.29, 0.717) is 16.0 Å². The smallest absolute Gasteiger partial charge is 0.414 e. The highest BCUT2D eigenvalue weighted by Gasteiger charge is 2.35. The molecule has 2 amide bonds. The van der Waals surface area contributed by atoms with Crippen molar-refractivity contribution in [1.29, 1.82) is 0 Å². The van der Waals surface area contributed by atoms with Crippen molar-refractivity contribution < 1.29 is 24.6 Å². The molecular weight excluding hydrogens is 228 g/mol. The number of amides is 2. The summed E-state index contributed by atoms with van der Waals surface area (Å²) in [5, 5.41) is 17.6. The third kappa shape index (κ3) is 1.61. The fourth-order valence-electron chi connectivity index (χ4n) is 1.70. The summed E-state index contributed by atoms with van der Waals surface area (Å²) in [6, 6.07) is 1.32. The van der Waals surface area contributed by atoms with Gasteiger partial charge in [0.05, 0.1) is 6.54 Å². The van der Waals surface area contributed by atoms with E-state index in [2.05, 4.69) is 4.98 Å². The van der Waals surface area contributed by atoms with Gasteiger partial charge in [0.1, 0.15) is 11.4 Å². The van der Waals surface area contributed by atoms with Gasteiger partial charge in [-0.05, 0) is 18.6 Å². The molecule has 1 aromatic rings. The van der Waals surface area contributed by atoms with Crippen LogP contribution in [0.4, 0.5) is 4.79 Å². The SMILES string of the molecule is Cc1cc(C(=O)O)nc2c1CN(C(=O)O)C2=O. The summed E-state index contributed by atoms with van der Waals surface area (Å²) in [5.41, 5.74) is 0.651. The van der Waals surface area contributed by atoms with Crippen LogP contribution in [-0.2, 0) is 6.54 Å². The lowest BCUT2D eigenvalue weighted by atomic mass is 10.1. The van der Waals surface area contributed by atoms with Crippen LogP contribution in [-0.4, -0.2) is 38.1 Å². The maximum Gasteiger partial charge on any atom is 0.414 e. The Morgan fingerprint density at radius 1 is 1.41 bits per heavy atom. The highest BCUT2D eigenvalue weighted by Crippen LogP contribution is 2.24. The van der Waals surface area contributed by atoms with E-state index in [4.69, 9.17) is 10.2 Å². The standard InChI is InChI=1S/C10H8N2O5/c1-4-2-6(9(14)15)11-7-5(4)3-12(8(7)13)10(16)17/h2H,3H2,1H3,(H,14,15)(H,16,17). The van der Waals surface area contributed by atoms with E-state index in [1.54, 1.807) is 6.92 Å². The summed E-state index contributed by atoms with van der Waals surface area (Å²) in [6.45, 7) is 1.54. The number of aromatic carboxylic acids is 1. The van der Waals surface area contributed by atoms with Gasteiger partial charge in [-0.15, -0.1) is 0 Å². The van der Waals surface area contributed by atoms with E-state index in [-0.39, 0.29) is 17.9 Å². The van der Waals surface area contributed by atoms with Crippen LogP contribution in [0.2, 0.25) is 0 Å². The number of carbonyl (C=O) groups excluding carboxylic acids is 1. The molecule has 1 aliphatic heterocycles. The Kier molecular flexibility index (Phi) is 2.31. The molecule has 0 unspecified atom stereocenters. The summed E-state index contributed by atoms with van der Waals surface area (Å²) in [6.07, 6.45) is -1.37. The molecule has 0 aromatic carbocycles. The van der Waals surface area contributed by atoms with Gasteiger partial charge in [-0.25, -0.2) is 19.5 Å². The molecule has 1 aliphatic rings. The molecule has 0 atom stereocenters. The molecule has 0 radical (unpaired) electrons. The molecule has 2 rings (SSSR count). The summed E-state index contributed by atoms with van der Waals surface area (Å²) in [5.74, 6) is -2.03. The first-order valence-electron chi connectivity index (χ1n) is 4.70. The minimum atomic E-state index is -1.37. The number of pyridine rings is 1. The predicted octanol–water partition coefficient (Wildman–Crippen LogP) is 0.722. The number of aromatic nitrogens is 1. The molecule has 1 aromatic heterocycles. The van der Waals surface area contributed by atoms with Crippen LogP contribution >= 0.6 is 0 Å². The van der Waals surface area contributed by atoms with Gasteiger partial charge in [-0.2, -0.15) is 0 Å². The molecule has 2 N–H and O–H groups in total. The monoisotopic (exact) mass is 236 g/mol. The van der Waals surface area contributed by atoms with Crippen LogP contribution in [0.5, 0.6) is 0 Å². The van der Waals surface area contributed by atoms with Crippen LogP contribution in [0.1, 0.15) is 32.1 Å². The fourth-order valence-corrected chi connectivity index (χ4v) is 1.70. The van der Waals surface area contributed by atoms with Crippen molar-refractivity contribution >= 4 is 18.0 Å². The van der Waals surface area contributed by atoms with Gasteiger partial charge in [-0.3, -0.25) is 4.79 Å². The summed E-state index contributed by atoms with van der Waals surface area (Å²) >= 11 is 0. The Morgan fingerprint density at radius 2 is 2.06 bits per heavy atom. The third-order valence-electron chi connectivity index (χ3n) is 2.56. The molecule has 0 saturated heterocycles. The summed E-state index contributed by atoms with van der Waals surface area (Å²) in [7, 11) is 0. The van der Waals surface area contributed by atoms with Gasteiger partial charge < -0.3 is 10.2 Å². The van der Waals surface area contributed by atoms with Crippen molar-refractivity contribution in [2.45, 2.75) is 13.5 Å². The second kappa shape index (κ2) is 3.55. The van der Waals surface area contributed by atoms with Gasteiger partial charge in [0.2, 0.25) is 0 Å². The topological polar surface area (TPSA) is 108 Å². The average molecular weight is 236 g/mol. The van der Waals surface area contributed by atoms with Gasteiger partial charge in [0.25, 0.3) is 5.91 Å². The van der Waals surface area contributed by atoms with Crippen molar-refractivity contribution in [2.24, 2.45) is 0 Å². The number of nitrogens with zero attached hydrogens (tertiary/aromatic N) is 2. The third-order valence-corrected chi connectivity index (χ3v) is 2.56. The van der Waals surface area contributed by atoms with Crippen LogP contribution in [0, 0.1) is 6.92 Å². The number of fused-ring (bicyclic) bond motifs is 1. The van der Waals surface area contributed by atoms with Crippen LogP contribution in [0.25, 0.3) is 0 Å². The zero-order valence-electron chi connectivity index (χ0n) is 8.80. The highest BCUT2D eigenvalue weighted by molar-refractivity contribution is 6.05. The van der Waals surface area contributed by atoms with E-state index >= 15 is 0 Å². The van der Waals surface area contributed by atoms with Crippen LogP contribution < -0.4 is 0 Å². The number of hydrogen-bond donors (Lipinski definition) is 2. The number of carboxylic acids is 1. The number of carboxylic acid groups (broad SMARTS) is 2. The molecule has 17 heavy (non-hydrogen) atoms. The highest BCUT2D eigenvalue weighted by atomic mass is 16.4. The van der Waals surface area contributed by atoms with Crippen molar-refractivity contribution in [2.75, 3.05) is 0 Å². The maximum atomic E-state index is 11.7. The second-order valence-electron chi connectivity index (χ2n) is 3.63. The first-order chi connectivity index (χ1) is 7.91. The molecule has 0 spiro atoms. The predicted molar refractivity (Wildman–Crippen MR) is 53.8 cm³/mol. The van der Waals surface area contributed by atoms with Gasteiger partial charge in [0, 0.05) is 5.56 Å². The lowest BCUT2D eigenvalue weighted by Crippen LogP contribution is -2.29. The molecular formula is C10H8N2O5. The molecule has 7 nitrogen and oxygen atoms in total. The van der Waals surface area contributed by atoms with Crippen LogP contribution in [0.15, 0.2) is 6.07 Å². The van der Waals surface area contributed by atoms with Crippen LogP contribution in [0.3, 0.4) is 0 Å². The van der Waals surface area contributed by atoms with E-state index in [1.807, 2.05) is 0 Å². The van der Waals surface area contributed by atoms with Gasteiger partial charge in [0.15, 0.2) is 0 Å². The zero-order chi connectivity index (χ0) is 12.7. The summed E-state index contributed by atoms with van der Waals surface area (Å²) < 4.78 is 0. The summed E-state index contributed by atoms with van der Waals surface area (Å²) in [4.78, 5) is 37.5. The van der Waals surface area contributed by atoms with Gasteiger partial charge >= 0.3 is 12.1 Å². The fraction of sp³-hybridized carbons (Fsp3) is 0.200. The van der Waals surface area contributed by atoms with Crippen molar-refractivity contribution in [3.8, 4) is 0 Å². The molecule has 0 aliphatic carbocycles. The van der Waals surface area contributed by atoms with E-state index in [0.717, 1.165) is 0 Å². The molecule has 0 saturated carbocycles. The number of rotatable bonds is 1. The maximum absolute atomic E-state index is 11.7. The lowest BCUT2D eigenvalue weighted by Gasteiger charge is -2.06. The molecule has 88 valence electrons. The molecule has 0 bridgehead atoms. The Hall–Kier alpha value is -2.44. The molecule has 2 heterocycles. The lowest BCUT2D eigenvalue weighted by molar-refractivity contribution is 0.0690. The second-order valence-corrected chi connectivity index (χ2v) is 3.63. The molecule has 0 fully saturated rings. The van der Waals surface area contributed by atoms with Crippen molar-refractivity contribution in [3.05, 3.63) is 28.6 Å². The zero-order valence-corrected chi connectivity index (χ0v) is 8.80. The number of aryl methyl sites for hydroxylation is 1. The number of hydrogen-bond acceptors (Lipinski definition) is 4. The Morgan fingerprint density at radius 3 is 2.59 bits per heavy atom. The number of carbonyl (C=O) groups is 3. The number of imide groups is 1. The van der Waals surface area contributed by atoms with E-state index < -0.39 is 18.0 Å². The quantitative estimate of drug-likeness (QED) is 0.743. The molecule has 7 heteroatoms. The van der Waals surface area contributed by atoms with Crippen molar-refractivity contribution in [3.63, 3.8) is 0 Å². The average Bonchev–Trinajstić information content (AvgIpc) is 2.57. The van der Waals surface area contributed by atoms with E-state index in [9.17, 15) is 14.4 Å². The van der Waals surface area contributed by atoms with E-state index in [1.165, 1.54) is 6.07 Å². The first-order valence-corrected chi connectivity index (χ1v) is 4.70. The minimum Gasteiger partial charge on any atom is -0.477 e. The first kappa shape index (κ1) is 11.1. The Balaban J connectivity index is 2.56.